The van der Waals surface area contributed by atoms with Crippen LogP contribution >= 0.6 is 0 Å². The van der Waals surface area contributed by atoms with Crippen LogP contribution in [0.25, 0.3) is 0 Å². The van der Waals surface area contributed by atoms with Crippen molar-refractivity contribution in [1.82, 2.24) is 14.7 Å². The van der Waals surface area contributed by atoms with Crippen molar-refractivity contribution in [2.45, 2.75) is 58.5 Å². The van der Waals surface area contributed by atoms with Gasteiger partial charge in [-0.25, -0.2) is 4.79 Å². The highest BCUT2D eigenvalue weighted by Crippen LogP contribution is 2.19. The van der Waals surface area contributed by atoms with Gasteiger partial charge in [-0.2, -0.15) is 0 Å². The molecule has 3 amide bonds. The van der Waals surface area contributed by atoms with Crippen LogP contribution in [0.5, 0.6) is 0 Å². The molecular weight excluding hydrogens is 350 g/mol. The van der Waals surface area contributed by atoms with Gasteiger partial charge < -0.3 is 19.4 Å². The van der Waals surface area contributed by atoms with Crippen molar-refractivity contribution in [2.75, 3.05) is 34.8 Å². The van der Waals surface area contributed by atoms with Crippen LogP contribution in [0.15, 0.2) is 0 Å². The number of nitrogens with zero attached hydrogens (tertiary/aromatic N) is 3. The third-order valence-corrected chi connectivity index (χ3v) is 5.06. The summed E-state index contributed by atoms with van der Waals surface area (Å²) in [5.74, 6) is -1.01. The number of carbonyl (C=O) groups excluding carboxylic acids is 4. The van der Waals surface area contributed by atoms with Crippen LogP contribution in [0.1, 0.15) is 46.5 Å². The Balaban J connectivity index is 5.28. The molecule has 8 nitrogen and oxygen atoms in total. The minimum Gasteiger partial charge on any atom is -0.467 e. The minimum atomic E-state index is -0.726. The molecule has 156 valence electrons. The Labute approximate surface area is 162 Å². The molecule has 3 atom stereocenters. The molecule has 8 heteroatoms. The lowest BCUT2D eigenvalue weighted by Gasteiger charge is -2.36. The molecule has 3 unspecified atom stereocenters. The van der Waals surface area contributed by atoms with Gasteiger partial charge in [0.05, 0.1) is 7.11 Å². The Kier molecular flexibility index (Phi) is 11.3. The monoisotopic (exact) mass is 385 g/mol. The van der Waals surface area contributed by atoms with Crippen LogP contribution in [-0.2, 0) is 23.9 Å². The first kappa shape index (κ1) is 24.9. The Morgan fingerprint density at radius 2 is 1.67 bits per heavy atom. The fourth-order valence-corrected chi connectivity index (χ4v) is 2.93. The van der Waals surface area contributed by atoms with E-state index >= 15 is 0 Å². The quantitative estimate of drug-likeness (QED) is 0.286. The van der Waals surface area contributed by atoms with Crippen LogP contribution < -0.4 is 0 Å². The second-order valence-electron chi connectivity index (χ2n) is 7.03. The average Bonchev–Trinajstić information content (AvgIpc) is 2.66. The van der Waals surface area contributed by atoms with Crippen LogP contribution in [0.4, 0.5) is 0 Å². The Morgan fingerprint density at radius 1 is 1.07 bits per heavy atom. The van der Waals surface area contributed by atoms with Gasteiger partial charge >= 0.3 is 5.97 Å². The van der Waals surface area contributed by atoms with E-state index in [4.69, 9.17) is 4.74 Å². The van der Waals surface area contributed by atoms with Crippen molar-refractivity contribution in [3.8, 4) is 0 Å². The lowest BCUT2D eigenvalue weighted by Crippen LogP contribution is -2.54. The number of carbonyl (C=O) groups is 4. The zero-order chi connectivity index (χ0) is 21.1. The highest BCUT2D eigenvalue weighted by molar-refractivity contribution is 5.90. The first-order chi connectivity index (χ1) is 12.6. The molecule has 0 aliphatic carbocycles. The molecule has 0 fully saturated rings. The fourth-order valence-electron chi connectivity index (χ4n) is 2.93. The van der Waals surface area contributed by atoms with E-state index in [2.05, 4.69) is 0 Å². The normalized spacial score (nSPS) is 13.9. The predicted octanol–water partition coefficient (Wildman–Crippen LogP) is 1.14. The zero-order valence-electron chi connectivity index (χ0n) is 17.7. The molecule has 0 aromatic carbocycles. The fraction of sp³-hybridized carbons (Fsp3) is 0.789. The van der Waals surface area contributed by atoms with Crippen LogP contribution in [-0.4, -0.2) is 85.8 Å². The number of amides is 3. The van der Waals surface area contributed by atoms with E-state index in [-0.39, 0.29) is 17.7 Å². The third kappa shape index (κ3) is 7.56. The van der Waals surface area contributed by atoms with E-state index in [1.54, 1.807) is 21.1 Å². The standard InChI is InChI=1S/C19H35N3O5/c1-8-14(2)17(21(5)15(3)24)18(25)22(6)16(19(26)27-7)11-9-10-12-20(4)13-23/h13-14,16-17H,8-12H2,1-7H3. The second-order valence-corrected chi connectivity index (χ2v) is 7.03. The second kappa shape index (κ2) is 12.3. The van der Waals surface area contributed by atoms with Crippen LogP contribution in [0.2, 0.25) is 0 Å². The molecule has 0 aliphatic rings. The summed E-state index contributed by atoms with van der Waals surface area (Å²) in [6, 6.07) is -1.36. The van der Waals surface area contributed by atoms with E-state index in [0.717, 1.165) is 12.8 Å². The zero-order valence-corrected chi connectivity index (χ0v) is 17.7. The molecule has 0 aromatic rings. The molecule has 0 saturated carbocycles. The molecule has 0 rings (SSSR count). The summed E-state index contributed by atoms with van der Waals surface area (Å²) >= 11 is 0. The lowest BCUT2D eigenvalue weighted by atomic mass is 9.95. The van der Waals surface area contributed by atoms with Gasteiger partial charge in [-0.05, 0) is 25.2 Å². The highest BCUT2D eigenvalue weighted by atomic mass is 16.5. The largest absolute Gasteiger partial charge is 0.467 e. The minimum absolute atomic E-state index is 0.0478. The predicted molar refractivity (Wildman–Crippen MR) is 103 cm³/mol. The topological polar surface area (TPSA) is 87.2 Å². The number of likely N-dealkylation sites (N-methyl/N-ethyl adjacent to an activating group) is 2. The number of hydrogen-bond acceptors (Lipinski definition) is 5. The van der Waals surface area contributed by atoms with Crippen molar-refractivity contribution in [1.29, 1.82) is 0 Å². The summed E-state index contributed by atoms with van der Waals surface area (Å²) in [6.45, 7) is 5.88. The maximum absolute atomic E-state index is 13.1. The summed E-state index contributed by atoms with van der Waals surface area (Å²) in [4.78, 5) is 52.2. The number of ether oxygens (including phenoxy) is 1. The SMILES string of the molecule is CCC(C)C(C(=O)N(C)C(CCCCN(C)C=O)C(=O)OC)N(C)C(C)=O. The number of hydrogen-bond donors (Lipinski definition) is 0. The summed E-state index contributed by atoms with van der Waals surface area (Å²) in [7, 11) is 6.16. The van der Waals surface area contributed by atoms with Crippen LogP contribution in [0, 0.1) is 5.92 Å². The third-order valence-electron chi connectivity index (χ3n) is 5.06. The van der Waals surface area contributed by atoms with Crippen molar-refractivity contribution >= 4 is 24.2 Å². The molecule has 0 radical (unpaired) electrons. The molecule has 0 aliphatic heterocycles. The van der Waals surface area contributed by atoms with E-state index in [1.165, 1.54) is 28.7 Å². The van der Waals surface area contributed by atoms with E-state index in [1.807, 2.05) is 13.8 Å². The summed E-state index contributed by atoms with van der Waals surface area (Å²) in [5.41, 5.74) is 0. The van der Waals surface area contributed by atoms with E-state index in [9.17, 15) is 19.2 Å². The maximum Gasteiger partial charge on any atom is 0.328 e. The van der Waals surface area contributed by atoms with Gasteiger partial charge in [-0.15, -0.1) is 0 Å². The number of rotatable bonds is 12. The number of methoxy groups -OCH3 is 1. The van der Waals surface area contributed by atoms with E-state index < -0.39 is 18.1 Å². The summed E-state index contributed by atoms with van der Waals surface area (Å²) in [6.07, 6.45) is 3.28. The van der Waals surface area contributed by atoms with Gasteiger partial charge in [-0.3, -0.25) is 14.4 Å². The molecule has 0 saturated heterocycles. The molecule has 0 aromatic heterocycles. The molecule has 0 bridgehead atoms. The van der Waals surface area contributed by atoms with Crippen LogP contribution in [0.3, 0.4) is 0 Å². The smallest absolute Gasteiger partial charge is 0.328 e. The van der Waals surface area contributed by atoms with Gasteiger partial charge in [0.2, 0.25) is 18.2 Å². The van der Waals surface area contributed by atoms with Gasteiger partial charge in [0.15, 0.2) is 0 Å². The lowest BCUT2D eigenvalue weighted by molar-refractivity contribution is -0.156. The summed E-state index contributed by atoms with van der Waals surface area (Å²) in [5, 5.41) is 0. The molecule has 27 heavy (non-hydrogen) atoms. The molecule has 0 spiro atoms. The van der Waals surface area contributed by atoms with Gasteiger partial charge in [0, 0.05) is 34.6 Å². The van der Waals surface area contributed by atoms with Crippen molar-refractivity contribution in [3.63, 3.8) is 0 Å². The molecular formula is C19H35N3O5. The number of unbranched alkanes of at least 4 members (excludes halogenated alkanes) is 1. The van der Waals surface area contributed by atoms with Crippen molar-refractivity contribution in [3.05, 3.63) is 0 Å². The van der Waals surface area contributed by atoms with Gasteiger partial charge in [0.25, 0.3) is 0 Å². The summed E-state index contributed by atoms with van der Waals surface area (Å²) < 4.78 is 4.88. The maximum atomic E-state index is 13.1. The Morgan fingerprint density at radius 3 is 2.11 bits per heavy atom. The first-order valence-corrected chi connectivity index (χ1v) is 9.35. The first-order valence-electron chi connectivity index (χ1n) is 9.35. The number of esters is 1. The van der Waals surface area contributed by atoms with Crippen molar-refractivity contribution < 1.29 is 23.9 Å². The molecule has 0 heterocycles. The average molecular weight is 386 g/mol. The van der Waals surface area contributed by atoms with Crippen molar-refractivity contribution in [2.24, 2.45) is 5.92 Å². The van der Waals surface area contributed by atoms with Gasteiger partial charge in [-0.1, -0.05) is 20.3 Å². The molecule has 0 N–H and O–H groups in total. The Bertz CT molecular complexity index is 512. The Hall–Kier alpha value is -2.12. The highest BCUT2D eigenvalue weighted by Gasteiger charge is 2.36. The van der Waals surface area contributed by atoms with Gasteiger partial charge in [0.1, 0.15) is 12.1 Å². The van der Waals surface area contributed by atoms with E-state index in [0.29, 0.717) is 25.8 Å².